The summed E-state index contributed by atoms with van der Waals surface area (Å²) in [5, 5.41) is 13.6. The highest BCUT2D eigenvalue weighted by Gasteiger charge is 2.42. The van der Waals surface area contributed by atoms with Gasteiger partial charge in [-0.1, -0.05) is 6.07 Å². The van der Waals surface area contributed by atoms with Crippen LogP contribution in [0.3, 0.4) is 0 Å². The van der Waals surface area contributed by atoms with E-state index in [0.717, 1.165) is 6.07 Å². The number of amides is 3. The monoisotopic (exact) mass is 441 g/mol. The van der Waals surface area contributed by atoms with Crippen molar-refractivity contribution in [1.82, 2.24) is 4.90 Å². The Kier molecular flexibility index (Phi) is 5.41. The molecular weight excluding hydrogens is 426 g/mol. The fraction of sp³-hybridized carbons (Fsp3) is 0.200. The molecule has 2 aromatic carbocycles. The molecule has 0 fully saturated rings. The first kappa shape index (κ1) is 20.8. The summed E-state index contributed by atoms with van der Waals surface area (Å²) in [7, 11) is 0. The molecule has 0 saturated carbocycles. The molecule has 0 aromatic heterocycles. The number of nitro benzene ring substituents is 1. The predicted octanol–water partition coefficient (Wildman–Crippen LogP) is 1.14. The number of hydrogen-bond donors (Lipinski definition) is 1. The lowest BCUT2D eigenvalue weighted by Crippen LogP contribution is -2.36. The predicted molar refractivity (Wildman–Crippen MR) is 105 cm³/mol. The molecular formula is C20H15N3O9. The highest BCUT2D eigenvalue weighted by molar-refractivity contribution is 6.24. The van der Waals surface area contributed by atoms with Gasteiger partial charge in [-0.2, -0.15) is 0 Å². The van der Waals surface area contributed by atoms with Gasteiger partial charge in [0, 0.05) is 17.8 Å². The number of nitro groups is 1. The van der Waals surface area contributed by atoms with Crippen LogP contribution in [0.4, 0.5) is 11.4 Å². The van der Waals surface area contributed by atoms with Crippen LogP contribution in [-0.2, 0) is 14.3 Å². The van der Waals surface area contributed by atoms with Gasteiger partial charge in [-0.15, -0.1) is 0 Å². The van der Waals surface area contributed by atoms with Gasteiger partial charge in [0.2, 0.25) is 0 Å². The van der Waals surface area contributed by atoms with Crippen molar-refractivity contribution in [2.75, 3.05) is 31.7 Å². The maximum absolute atomic E-state index is 12.5. The van der Waals surface area contributed by atoms with Crippen LogP contribution in [0.1, 0.15) is 20.7 Å². The van der Waals surface area contributed by atoms with E-state index in [1.807, 2.05) is 0 Å². The highest BCUT2D eigenvalue weighted by Crippen LogP contribution is 2.33. The maximum Gasteiger partial charge on any atom is 0.326 e. The molecule has 12 heteroatoms. The van der Waals surface area contributed by atoms with Gasteiger partial charge < -0.3 is 19.5 Å². The Balaban J connectivity index is 1.34. The SMILES string of the molecule is O=C(COC(=O)CN1C(=O)c2cccc([N+](=O)[O-])c2C1=O)Nc1ccc2c(c1)OCCO2. The van der Waals surface area contributed by atoms with Crippen LogP contribution >= 0.6 is 0 Å². The van der Waals surface area contributed by atoms with Gasteiger partial charge in [0.15, 0.2) is 18.1 Å². The second-order valence-corrected chi connectivity index (χ2v) is 6.72. The van der Waals surface area contributed by atoms with Crippen molar-refractivity contribution < 1.29 is 38.3 Å². The minimum Gasteiger partial charge on any atom is -0.486 e. The number of nitrogens with zero attached hydrogens (tertiary/aromatic N) is 2. The second kappa shape index (κ2) is 8.34. The van der Waals surface area contributed by atoms with E-state index in [0.29, 0.717) is 35.3 Å². The van der Waals surface area contributed by atoms with E-state index in [9.17, 15) is 29.3 Å². The molecule has 2 heterocycles. The standard InChI is InChI=1S/C20H15N3O9/c24-16(21-11-4-5-14-15(8-11)31-7-6-30-14)10-32-17(25)9-22-19(26)12-2-1-3-13(23(28)29)18(12)20(22)27/h1-5,8H,6-7,9-10H2,(H,21,24). The molecule has 164 valence electrons. The van der Waals surface area contributed by atoms with E-state index in [-0.39, 0.29) is 11.1 Å². The Hall–Kier alpha value is -4.48. The van der Waals surface area contributed by atoms with Gasteiger partial charge in [0.25, 0.3) is 23.4 Å². The minimum absolute atomic E-state index is 0.173. The van der Waals surface area contributed by atoms with Crippen molar-refractivity contribution in [2.24, 2.45) is 0 Å². The molecule has 0 bridgehead atoms. The first-order valence-corrected chi connectivity index (χ1v) is 9.34. The first-order chi connectivity index (χ1) is 15.3. The molecule has 3 amide bonds. The number of carbonyl (C=O) groups is 4. The lowest BCUT2D eigenvalue weighted by molar-refractivity contribution is -0.385. The average molecular weight is 441 g/mol. The number of hydrogen-bond acceptors (Lipinski definition) is 9. The van der Waals surface area contributed by atoms with Gasteiger partial charge in [0.05, 0.1) is 10.5 Å². The first-order valence-electron chi connectivity index (χ1n) is 9.34. The van der Waals surface area contributed by atoms with Crippen LogP contribution < -0.4 is 14.8 Å². The summed E-state index contributed by atoms with van der Waals surface area (Å²) < 4.78 is 15.6. The molecule has 0 atom stereocenters. The van der Waals surface area contributed by atoms with E-state index in [1.54, 1.807) is 18.2 Å². The van der Waals surface area contributed by atoms with Gasteiger partial charge in [-0.3, -0.25) is 34.2 Å². The molecule has 2 aliphatic rings. The second-order valence-electron chi connectivity index (χ2n) is 6.72. The topological polar surface area (TPSA) is 154 Å². The van der Waals surface area contributed by atoms with Crippen molar-refractivity contribution in [1.29, 1.82) is 0 Å². The number of benzene rings is 2. The van der Waals surface area contributed by atoms with E-state index < -0.39 is 47.5 Å². The zero-order valence-electron chi connectivity index (χ0n) is 16.4. The molecule has 0 unspecified atom stereocenters. The highest BCUT2D eigenvalue weighted by atomic mass is 16.6. The van der Waals surface area contributed by atoms with Crippen LogP contribution in [0.2, 0.25) is 0 Å². The maximum atomic E-state index is 12.5. The number of rotatable bonds is 6. The van der Waals surface area contributed by atoms with Crippen LogP contribution in [0.15, 0.2) is 36.4 Å². The van der Waals surface area contributed by atoms with E-state index in [2.05, 4.69) is 5.32 Å². The Morgan fingerprint density at radius 3 is 2.59 bits per heavy atom. The van der Waals surface area contributed by atoms with Crippen molar-refractivity contribution in [3.05, 3.63) is 57.6 Å². The molecule has 0 radical (unpaired) electrons. The van der Waals surface area contributed by atoms with Crippen molar-refractivity contribution in [2.45, 2.75) is 0 Å². The summed E-state index contributed by atoms with van der Waals surface area (Å²) in [6.07, 6.45) is 0. The summed E-state index contributed by atoms with van der Waals surface area (Å²) in [5.74, 6) is -2.51. The zero-order valence-corrected chi connectivity index (χ0v) is 16.4. The third kappa shape index (κ3) is 3.93. The molecule has 2 aromatic rings. The molecule has 0 spiro atoms. The number of anilines is 1. The third-order valence-corrected chi connectivity index (χ3v) is 4.65. The smallest absolute Gasteiger partial charge is 0.326 e. The zero-order chi connectivity index (χ0) is 22.8. The average Bonchev–Trinajstić information content (AvgIpc) is 3.02. The Labute approximate surface area is 179 Å². The molecule has 1 N–H and O–H groups in total. The summed E-state index contributed by atoms with van der Waals surface area (Å²) >= 11 is 0. The number of ether oxygens (including phenoxy) is 3. The van der Waals surface area contributed by atoms with Gasteiger partial charge in [-0.25, -0.2) is 0 Å². The third-order valence-electron chi connectivity index (χ3n) is 4.65. The molecule has 2 aliphatic heterocycles. The largest absolute Gasteiger partial charge is 0.486 e. The van der Waals surface area contributed by atoms with Gasteiger partial charge >= 0.3 is 5.97 Å². The minimum atomic E-state index is -1.03. The Morgan fingerprint density at radius 2 is 1.84 bits per heavy atom. The van der Waals surface area contributed by atoms with Crippen LogP contribution in [0.25, 0.3) is 0 Å². The summed E-state index contributed by atoms with van der Waals surface area (Å²) in [5.41, 5.74) is -0.696. The van der Waals surface area contributed by atoms with Crippen LogP contribution in [0, 0.1) is 10.1 Å². The number of imide groups is 1. The van der Waals surface area contributed by atoms with Crippen molar-refractivity contribution in [3.63, 3.8) is 0 Å². The summed E-state index contributed by atoms with van der Waals surface area (Å²) in [6, 6.07) is 8.38. The van der Waals surface area contributed by atoms with Crippen LogP contribution in [0.5, 0.6) is 11.5 Å². The van der Waals surface area contributed by atoms with Crippen LogP contribution in [-0.4, -0.2) is 59.9 Å². The number of esters is 1. The number of nitrogens with one attached hydrogen (secondary N) is 1. The fourth-order valence-corrected chi connectivity index (χ4v) is 3.25. The number of carbonyl (C=O) groups excluding carboxylic acids is 4. The molecule has 4 rings (SSSR count). The molecule has 0 saturated heterocycles. The van der Waals surface area contributed by atoms with Gasteiger partial charge in [0.1, 0.15) is 25.3 Å². The van der Waals surface area contributed by atoms with Crippen molar-refractivity contribution >= 4 is 35.1 Å². The normalized spacial score (nSPS) is 14.1. The lowest BCUT2D eigenvalue weighted by atomic mass is 10.1. The molecule has 12 nitrogen and oxygen atoms in total. The Morgan fingerprint density at radius 1 is 1.09 bits per heavy atom. The molecule has 0 aliphatic carbocycles. The fourth-order valence-electron chi connectivity index (χ4n) is 3.25. The quantitative estimate of drug-likeness (QED) is 0.301. The van der Waals surface area contributed by atoms with Gasteiger partial charge in [-0.05, 0) is 18.2 Å². The summed E-state index contributed by atoms with van der Waals surface area (Å²) in [6.45, 7) is -0.657. The summed E-state index contributed by atoms with van der Waals surface area (Å²) in [4.78, 5) is 59.9. The molecule has 32 heavy (non-hydrogen) atoms. The Bertz CT molecular complexity index is 1160. The number of fused-ring (bicyclic) bond motifs is 2. The van der Waals surface area contributed by atoms with E-state index in [1.165, 1.54) is 12.1 Å². The van der Waals surface area contributed by atoms with Crippen molar-refractivity contribution in [3.8, 4) is 11.5 Å². The van der Waals surface area contributed by atoms with E-state index >= 15 is 0 Å². The van der Waals surface area contributed by atoms with E-state index in [4.69, 9.17) is 14.2 Å². The lowest BCUT2D eigenvalue weighted by Gasteiger charge is -2.19.